The van der Waals surface area contributed by atoms with E-state index >= 15 is 0 Å². The number of benzene rings is 3. The molecular weight excluding hydrogens is 432 g/mol. The first-order chi connectivity index (χ1) is 15.7. The van der Waals surface area contributed by atoms with Crippen LogP contribution in [-0.2, 0) is 17.4 Å². The first kappa shape index (κ1) is 24.5. The lowest BCUT2D eigenvalue weighted by Crippen LogP contribution is -2.38. The van der Waals surface area contributed by atoms with Gasteiger partial charge < -0.3 is 5.32 Å². The number of amides is 1. The van der Waals surface area contributed by atoms with Gasteiger partial charge in [-0.05, 0) is 60.2 Å². The van der Waals surface area contributed by atoms with Gasteiger partial charge in [-0.2, -0.15) is 13.2 Å². The van der Waals surface area contributed by atoms with E-state index in [0.717, 1.165) is 28.8 Å². The van der Waals surface area contributed by atoms with Crippen molar-refractivity contribution < 1.29 is 22.4 Å². The molecule has 7 heteroatoms. The van der Waals surface area contributed by atoms with Gasteiger partial charge in [0.25, 0.3) is 0 Å². The molecule has 0 saturated heterocycles. The Morgan fingerprint density at radius 3 is 2.18 bits per heavy atom. The predicted molar refractivity (Wildman–Crippen MR) is 120 cm³/mol. The van der Waals surface area contributed by atoms with Crippen LogP contribution in [0.15, 0.2) is 72.8 Å². The molecule has 0 heterocycles. The lowest BCUT2D eigenvalue weighted by molar-refractivity contribution is -0.137. The monoisotopic (exact) mass is 458 g/mol. The number of alkyl halides is 3. The van der Waals surface area contributed by atoms with Crippen LogP contribution in [-0.4, -0.2) is 13.0 Å². The number of rotatable bonds is 8. The van der Waals surface area contributed by atoms with Crippen LogP contribution in [0.2, 0.25) is 0 Å². The van der Waals surface area contributed by atoms with Gasteiger partial charge in [-0.25, -0.2) is 4.39 Å². The van der Waals surface area contributed by atoms with Crippen molar-refractivity contribution in [2.24, 2.45) is 0 Å². The van der Waals surface area contributed by atoms with Gasteiger partial charge in [0.1, 0.15) is 11.9 Å². The Balaban J connectivity index is 1.87. The molecular formula is C26H26F4N2O. The molecule has 0 saturated carbocycles. The number of nitrogens with one attached hydrogen (secondary N) is 2. The van der Waals surface area contributed by atoms with Gasteiger partial charge in [-0.15, -0.1) is 0 Å². The smallest absolute Gasteiger partial charge is 0.358 e. The van der Waals surface area contributed by atoms with Crippen LogP contribution in [0.25, 0.3) is 0 Å². The first-order valence-electron chi connectivity index (χ1n) is 10.6. The summed E-state index contributed by atoms with van der Waals surface area (Å²) in [7, 11) is 1.55. The van der Waals surface area contributed by atoms with E-state index in [1.54, 1.807) is 26.1 Å². The third-order valence-corrected chi connectivity index (χ3v) is 5.60. The van der Waals surface area contributed by atoms with Crippen LogP contribution in [0.1, 0.15) is 46.3 Å². The molecule has 0 aliphatic carbocycles. The maximum Gasteiger partial charge on any atom is 0.416 e. The minimum atomic E-state index is -4.38. The highest BCUT2D eigenvalue weighted by molar-refractivity contribution is 5.83. The van der Waals surface area contributed by atoms with Crippen molar-refractivity contribution >= 4 is 5.91 Å². The highest BCUT2D eigenvalue weighted by atomic mass is 19.4. The molecule has 2 N–H and O–H groups in total. The van der Waals surface area contributed by atoms with Crippen molar-refractivity contribution in [2.45, 2.75) is 38.0 Å². The van der Waals surface area contributed by atoms with Crippen LogP contribution < -0.4 is 10.6 Å². The van der Waals surface area contributed by atoms with Crippen molar-refractivity contribution in [3.8, 4) is 0 Å². The number of aryl methyl sites for hydroxylation is 2. The van der Waals surface area contributed by atoms with Crippen molar-refractivity contribution in [1.82, 2.24) is 10.6 Å². The number of carbonyl (C=O) groups is 1. The first-order valence-corrected chi connectivity index (χ1v) is 10.6. The summed E-state index contributed by atoms with van der Waals surface area (Å²) in [6, 6.07) is 18.1. The van der Waals surface area contributed by atoms with Crippen molar-refractivity contribution in [2.75, 3.05) is 7.05 Å². The predicted octanol–water partition coefficient (Wildman–Crippen LogP) is 5.90. The SMILES string of the molecule is CNC(=O)[C@@H](N[C@@H](CCc1ccc(C(F)(F)F)cc1)c1ccc(F)c(C)c1)c1ccccc1. The molecule has 2 atom stereocenters. The van der Waals surface area contributed by atoms with Crippen LogP contribution in [0.5, 0.6) is 0 Å². The zero-order valence-corrected chi connectivity index (χ0v) is 18.4. The normalized spacial score (nSPS) is 13.4. The van der Waals surface area contributed by atoms with Gasteiger partial charge in [0.05, 0.1) is 5.56 Å². The topological polar surface area (TPSA) is 41.1 Å². The number of carbonyl (C=O) groups excluding carboxylic acids is 1. The average molecular weight is 458 g/mol. The standard InChI is InChI=1S/C26H26F4N2O/c1-17-16-20(11-14-22(17)27)23(15-10-18-8-12-21(13-9-18)26(28,29)30)32-24(25(33)31-2)19-6-4-3-5-7-19/h3-9,11-14,16,23-24,32H,10,15H2,1-2H3,(H,31,33)/t23-,24-/m0/s1. The Bertz CT molecular complexity index is 1070. The minimum absolute atomic E-state index is 0.223. The lowest BCUT2D eigenvalue weighted by atomic mass is 9.95. The molecule has 0 radical (unpaired) electrons. The van der Waals surface area contributed by atoms with Crippen molar-refractivity contribution in [3.63, 3.8) is 0 Å². The Kier molecular flexibility index (Phi) is 7.87. The third-order valence-electron chi connectivity index (χ3n) is 5.60. The molecule has 0 spiro atoms. The Morgan fingerprint density at radius 1 is 0.939 bits per heavy atom. The van der Waals surface area contributed by atoms with Gasteiger partial charge in [0.15, 0.2) is 0 Å². The summed E-state index contributed by atoms with van der Waals surface area (Å²) in [4.78, 5) is 12.7. The summed E-state index contributed by atoms with van der Waals surface area (Å²) in [5.41, 5.74) is 2.09. The van der Waals surface area contributed by atoms with Gasteiger partial charge in [-0.3, -0.25) is 10.1 Å². The molecule has 3 aromatic rings. The van der Waals surface area contributed by atoms with E-state index in [1.807, 2.05) is 30.3 Å². The van der Waals surface area contributed by atoms with Crippen LogP contribution in [0.3, 0.4) is 0 Å². The summed E-state index contributed by atoms with van der Waals surface area (Å²) >= 11 is 0. The maximum absolute atomic E-state index is 13.9. The average Bonchev–Trinajstić information content (AvgIpc) is 2.81. The fourth-order valence-corrected chi connectivity index (χ4v) is 3.72. The third kappa shape index (κ3) is 6.42. The zero-order chi connectivity index (χ0) is 24.0. The second kappa shape index (κ2) is 10.6. The molecule has 3 aromatic carbocycles. The van der Waals surface area contributed by atoms with Gasteiger partial charge in [0.2, 0.25) is 5.91 Å². The Hall–Kier alpha value is -3.19. The van der Waals surface area contributed by atoms with Gasteiger partial charge >= 0.3 is 6.18 Å². The molecule has 3 rings (SSSR count). The molecule has 1 amide bonds. The van der Waals surface area contributed by atoms with Gasteiger partial charge in [-0.1, -0.05) is 54.6 Å². The van der Waals surface area contributed by atoms with Crippen LogP contribution >= 0.6 is 0 Å². The van der Waals surface area contributed by atoms with Crippen molar-refractivity contribution in [3.05, 3.63) is 106 Å². The zero-order valence-electron chi connectivity index (χ0n) is 18.4. The number of hydrogen-bond acceptors (Lipinski definition) is 2. The largest absolute Gasteiger partial charge is 0.416 e. The summed E-state index contributed by atoms with van der Waals surface area (Å²) < 4.78 is 52.5. The minimum Gasteiger partial charge on any atom is -0.358 e. The molecule has 0 unspecified atom stereocenters. The summed E-state index contributed by atoms with van der Waals surface area (Å²) in [6.45, 7) is 1.67. The quantitative estimate of drug-likeness (QED) is 0.413. The van der Waals surface area contributed by atoms with E-state index in [1.165, 1.54) is 18.2 Å². The fourth-order valence-electron chi connectivity index (χ4n) is 3.72. The van der Waals surface area contributed by atoms with E-state index in [0.29, 0.717) is 18.4 Å². The highest BCUT2D eigenvalue weighted by Gasteiger charge is 2.30. The second-order valence-corrected chi connectivity index (χ2v) is 7.92. The molecule has 0 fully saturated rings. The van der Waals surface area contributed by atoms with Crippen LogP contribution in [0.4, 0.5) is 17.6 Å². The van der Waals surface area contributed by atoms with E-state index in [-0.39, 0.29) is 17.8 Å². The molecule has 0 bridgehead atoms. The fraction of sp³-hybridized carbons (Fsp3) is 0.269. The van der Waals surface area contributed by atoms with Crippen molar-refractivity contribution in [1.29, 1.82) is 0 Å². The molecule has 0 aliphatic rings. The summed E-state index contributed by atoms with van der Waals surface area (Å²) in [6.07, 6.45) is -3.41. The number of hydrogen-bond donors (Lipinski definition) is 2. The molecule has 174 valence electrons. The molecule has 0 aromatic heterocycles. The van der Waals surface area contributed by atoms with E-state index < -0.39 is 17.8 Å². The lowest BCUT2D eigenvalue weighted by Gasteiger charge is -2.26. The summed E-state index contributed by atoms with van der Waals surface area (Å²) in [5.74, 6) is -0.550. The molecule has 3 nitrogen and oxygen atoms in total. The second-order valence-electron chi connectivity index (χ2n) is 7.92. The molecule has 0 aliphatic heterocycles. The highest BCUT2D eigenvalue weighted by Crippen LogP contribution is 2.30. The van der Waals surface area contributed by atoms with Crippen LogP contribution in [0, 0.1) is 12.7 Å². The van der Waals surface area contributed by atoms with E-state index in [2.05, 4.69) is 10.6 Å². The van der Waals surface area contributed by atoms with Gasteiger partial charge in [0, 0.05) is 13.1 Å². The maximum atomic E-state index is 13.9. The van der Waals surface area contributed by atoms with E-state index in [4.69, 9.17) is 0 Å². The van der Waals surface area contributed by atoms with E-state index in [9.17, 15) is 22.4 Å². The number of likely N-dealkylation sites (N-methyl/N-ethyl adjacent to an activating group) is 1. The summed E-state index contributed by atoms with van der Waals surface area (Å²) in [5, 5.41) is 6.04. The number of halogens is 4. The molecule has 33 heavy (non-hydrogen) atoms. The Labute approximate surface area is 190 Å². The Morgan fingerprint density at radius 2 is 1.61 bits per heavy atom.